The van der Waals surface area contributed by atoms with Crippen LogP contribution in [0.15, 0.2) is 29.8 Å². The number of carbonyl (C=O) groups excluding carboxylic acids is 1. The first-order valence-corrected chi connectivity index (χ1v) is 7.59. The highest BCUT2D eigenvalue weighted by atomic mass is 32.1. The van der Waals surface area contributed by atoms with E-state index < -0.39 is 0 Å². The van der Waals surface area contributed by atoms with Crippen molar-refractivity contribution in [1.82, 2.24) is 10.3 Å². The molecule has 1 fully saturated rings. The molecule has 2 aromatic rings. The van der Waals surface area contributed by atoms with Gasteiger partial charge >= 0.3 is 6.03 Å². The van der Waals surface area contributed by atoms with Gasteiger partial charge in [0.15, 0.2) is 0 Å². The molecular weight excluding hydrogens is 270 g/mol. The summed E-state index contributed by atoms with van der Waals surface area (Å²) in [6.07, 6.45) is 2.81. The number of urea groups is 1. The molecule has 0 spiro atoms. The Bertz CT molecular complexity index is 638. The van der Waals surface area contributed by atoms with Crippen LogP contribution in [0, 0.1) is 12.8 Å². The molecule has 0 aromatic carbocycles. The Balaban J connectivity index is 1.77. The number of aryl methyl sites for hydroxylation is 1. The van der Waals surface area contributed by atoms with Crippen LogP contribution in [0.25, 0.3) is 11.3 Å². The van der Waals surface area contributed by atoms with Crippen molar-refractivity contribution in [1.29, 1.82) is 0 Å². The second-order valence-corrected chi connectivity index (χ2v) is 6.38. The summed E-state index contributed by atoms with van der Waals surface area (Å²) in [6.45, 7) is 4.19. The molecule has 4 nitrogen and oxygen atoms in total. The maximum absolute atomic E-state index is 11.9. The van der Waals surface area contributed by atoms with Gasteiger partial charge in [-0.1, -0.05) is 6.92 Å². The van der Waals surface area contributed by atoms with Crippen molar-refractivity contribution < 1.29 is 4.79 Å². The Labute approximate surface area is 122 Å². The maximum Gasteiger partial charge on any atom is 0.319 e. The molecule has 2 N–H and O–H groups in total. The highest BCUT2D eigenvalue weighted by molar-refractivity contribution is 7.10. The number of anilines is 1. The first kappa shape index (κ1) is 13.1. The van der Waals surface area contributed by atoms with Crippen molar-refractivity contribution >= 4 is 23.1 Å². The van der Waals surface area contributed by atoms with E-state index in [1.807, 2.05) is 12.1 Å². The number of nitrogens with one attached hydrogen (secondary N) is 2. The Morgan fingerprint density at radius 3 is 2.95 bits per heavy atom. The quantitative estimate of drug-likeness (QED) is 0.905. The van der Waals surface area contributed by atoms with E-state index in [0.29, 0.717) is 12.0 Å². The predicted octanol–water partition coefficient (Wildman–Crippen LogP) is 3.65. The average molecular weight is 287 g/mol. The third-order valence-corrected chi connectivity index (χ3v) is 4.35. The Morgan fingerprint density at radius 2 is 2.30 bits per heavy atom. The average Bonchev–Trinajstić information content (AvgIpc) is 2.93. The summed E-state index contributed by atoms with van der Waals surface area (Å²) in [7, 11) is 0. The molecule has 2 amide bonds. The van der Waals surface area contributed by atoms with Gasteiger partial charge in [-0.3, -0.25) is 4.98 Å². The summed E-state index contributed by atoms with van der Waals surface area (Å²) in [5.74, 6) is 0.591. The smallest absolute Gasteiger partial charge is 0.319 e. The van der Waals surface area contributed by atoms with E-state index in [0.717, 1.165) is 23.4 Å². The fourth-order valence-electron chi connectivity index (χ4n) is 2.15. The predicted molar refractivity (Wildman–Crippen MR) is 82.0 cm³/mol. The third-order valence-electron chi connectivity index (χ3n) is 3.49. The molecule has 2 unspecified atom stereocenters. The maximum atomic E-state index is 11.9. The van der Waals surface area contributed by atoms with Crippen LogP contribution in [-0.4, -0.2) is 17.1 Å². The molecule has 0 saturated heterocycles. The van der Waals surface area contributed by atoms with Gasteiger partial charge < -0.3 is 10.6 Å². The number of pyridine rings is 1. The zero-order chi connectivity index (χ0) is 14.1. The molecule has 2 aromatic heterocycles. The van der Waals surface area contributed by atoms with Gasteiger partial charge in [0.1, 0.15) is 0 Å². The van der Waals surface area contributed by atoms with E-state index in [4.69, 9.17) is 0 Å². The van der Waals surface area contributed by atoms with Gasteiger partial charge in [-0.05, 0) is 37.5 Å². The van der Waals surface area contributed by atoms with Crippen molar-refractivity contribution in [2.75, 3.05) is 5.32 Å². The molecule has 0 aliphatic heterocycles. The first-order chi connectivity index (χ1) is 9.63. The van der Waals surface area contributed by atoms with Gasteiger partial charge in [-0.15, -0.1) is 11.3 Å². The van der Waals surface area contributed by atoms with Crippen LogP contribution in [0.2, 0.25) is 0 Å². The number of thiophene rings is 1. The fraction of sp³-hybridized carbons (Fsp3) is 0.333. The molecule has 1 saturated carbocycles. The number of hydrogen-bond acceptors (Lipinski definition) is 3. The Hall–Kier alpha value is -1.88. The van der Waals surface area contributed by atoms with Crippen LogP contribution >= 0.6 is 11.3 Å². The topological polar surface area (TPSA) is 54.0 Å². The second-order valence-electron chi connectivity index (χ2n) is 5.26. The van der Waals surface area contributed by atoms with Crippen LogP contribution in [0.1, 0.15) is 18.2 Å². The van der Waals surface area contributed by atoms with Gasteiger partial charge in [0.2, 0.25) is 0 Å². The van der Waals surface area contributed by atoms with Gasteiger partial charge in [-0.2, -0.15) is 0 Å². The van der Waals surface area contributed by atoms with Gasteiger partial charge in [0, 0.05) is 28.1 Å². The van der Waals surface area contributed by atoms with Crippen LogP contribution < -0.4 is 10.6 Å². The molecule has 1 aliphatic carbocycles. The van der Waals surface area contributed by atoms with Crippen molar-refractivity contribution in [2.24, 2.45) is 5.92 Å². The summed E-state index contributed by atoms with van der Waals surface area (Å²) in [4.78, 5) is 17.6. The minimum absolute atomic E-state index is 0.152. The van der Waals surface area contributed by atoms with Crippen molar-refractivity contribution in [3.8, 4) is 11.3 Å². The first-order valence-electron chi connectivity index (χ1n) is 6.71. The number of nitrogens with zero attached hydrogens (tertiary/aromatic N) is 1. The van der Waals surface area contributed by atoms with E-state index in [9.17, 15) is 4.79 Å². The largest absolute Gasteiger partial charge is 0.335 e. The number of carbonyl (C=O) groups is 1. The lowest BCUT2D eigenvalue weighted by atomic mass is 10.2. The van der Waals surface area contributed by atoms with Crippen molar-refractivity contribution in [3.63, 3.8) is 0 Å². The summed E-state index contributed by atoms with van der Waals surface area (Å²) in [5.41, 5.74) is 2.61. The zero-order valence-electron chi connectivity index (χ0n) is 11.5. The minimum atomic E-state index is -0.152. The summed E-state index contributed by atoms with van der Waals surface area (Å²) < 4.78 is 0. The Kier molecular flexibility index (Phi) is 3.44. The van der Waals surface area contributed by atoms with Crippen molar-refractivity contribution in [3.05, 3.63) is 34.7 Å². The SMILES string of the molecule is Cc1cc(-c2ncccc2NC(=O)NC2CC2C)cs1. The lowest BCUT2D eigenvalue weighted by Crippen LogP contribution is -2.31. The van der Waals surface area contributed by atoms with E-state index >= 15 is 0 Å². The molecule has 0 bridgehead atoms. The molecule has 20 heavy (non-hydrogen) atoms. The van der Waals surface area contributed by atoms with Crippen LogP contribution in [0.4, 0.5) is 10.5 Å². The highest BCUT2D eigenvalue weighted by Gasteiger charge is 2.33. The number of amides is 2. The molecule has 2 heterocycles. The van der Waals surface area contributed by atoms with E-state index in [2.05, 4.69) is 40.9 Å². The van der Waals surface area contributed by atoms with Gasteiger partial charge in [0.05, 0.1) is 11.4 Å². The normalized spacial score (nSPS) is 20.5. The molecule has 5 heteroatoms. The van der Waals surface area contributed by atoms with E-state index in [1.54, 1.807) is 17.5 Å². The van der Waals surface area contributed by atoms with E-state index in [1.165, 1.54) is 4.88 Å². The summed E-state index contributed by atoms with van der Waals surface area (Å²) in [6, 6.07) is 5.96. The fourth-order valence-corrected chi connectivity index (χ4v) is 2.84. The number of hydrogen-bond donors (Lipinski definition) is 2. The number of rotatable bonds is 3. The monoisotopic (exact) mass is 287 g/mol. The second kappa shape index (κ2) is 5.25. The minimum Gasteiger partial charge on any atom is -0.335 e. The Morgan fingerprint density at radius 1 is 1.50 bits per heavy atom. The zero-order valence-corrected chi connectivity index (χ0v) is 12.3. The number of aromatic nitrogens is 1. The molecule has 3 rings (SSSR count). The van der Waals surface area contributed by atoms with E-state index in [-0.39, 0.29) is 6.03 Å². The van der Waals surface area contributed by atoms with Gasteiger partial charge in [0.25, 0.3) is 0 Å². The van der Waals surface area contributed by atoms with Crippen LogP contribution in [-0.2, 0) is 0 Å². The van der Waals surface area contributed by atoms with Crippen LogP contribution in [0.5, 0.6) is 0 Å². The lowest BCUT2D eigenvalue weighted by Gasteiger charge is -2.10. The molecular formula is C15H17N3OS. The third kappa shape index (κ3) is 2.82. The molecule has 104 valence electrons. The van der Waals surface area contributed by atoms with Crippen LogP contribution in [0.3, 0.4) is 0 Å². The molecule has 2 atom stereocenters. The lowest BCUT2D eigenvalue weighted by molar-refractivity contribution is 0.251. The summed E-state index contributed by atoms with van der Waals surface area (Å²) in [5, 5.41) is 7.92. The summed E-state index contributed by atoms with van der Waals surface area (Å²) >= 11 is 1.68. The highest BCUT2D eigenvalue weighted by Crippen LogP contribution is 2.31. The standard InChI is InChI=1S/C15H17N3OS/c1-9-6-13(9)18-15(19)17-12-4-3-5-16-14(12)11-7-10(2)20-8-11/h3-5,7-9,13H,6H2,1-2H3,(H2,17,18,19). The van der Waals surface area contributed by atoms with Gasteiger partial charge in [-0.25, -0.2) is 4.79 Å². The molecule has 0 radical (unpaired) electrons. The van der Waals surface area contributed by atoms with Crippen molar-refractivity contribution in [2.45, 2.75) is 26.3 Å². The molecule has 1 aliphatic rings.